The molecule has 0 saturated heterocycles. The van der Waals surface area contributed by atoms with E-state index in [1.165, 1.54) is 0 Å². The summed E-state index contributed by atoms with van der Waals surface area (Å²) in [6.07, 6.45) is 0.981. The van der Waals surface area contributed by atoms with Crippen LogP contribution in [0.25, 0.3) is 21.5 Å². The Bertz CT molecular complexity index is 992. The molecule has 0 aliphatic carbocycles. The summed E-state index contributed by atoms with van der Waals surface area (Å²) in [5.74, 6) is -1.22. The lowest BCUT2D eigenvalue weighted by molar-refractivity contribution is 0.0636. The van der Waals surface area contributed by atoms with Crippen molar-refractivity contribution in [2.24, 2.45) is 0 Å². The van der Waals surface area contributed by atoms with Crippen molar-refractivity contribution in [2.45, 2.75) is 26.4 Å². The SMILES string of the molecule is CC(C)(C)OC(=O)Nc1sc(-c2ccc3ncccc3c2)nc1C(=O)O. The van der Waals surface area contributed by atoms with Gasteiger partial charge in [-0.15, -0.1) is 0 Å². The molecule has 0 fully saturated rings. The largest absolute Gasteiger partial charge is 0.476 e. The van der Waals surface area contributed by atoms with Crippen molar-refractivity contribution in [2.75, 3.05) is 5.32 Å². The number of aromatic nitrogens is 2. The molecule has 2 heterocycles. The van der Waals surface area contributed by atoms with E-state index in [1.807, 2.05) is 30.3 Å². The Balaban J connectivity index is 1.95. The van der Waals surface area contributed by atoms with E-state index in [9.17, 15) is 14.7 Å². The summed E-state index contributed by atoms with van der Waals surface area (Å²) in [6, 6.07) is 9.28. The molecule has 0 unspecified atom stereocenters. The second kappa shape index (κ2) is 6.72. The van der Waals surface area contributed by atoms with Crippen LogP contribution >= 0.6 is 11.3 Å². The molecule has 0 spiro atoms. The van der Waals surface area contributed by atoms with E-state index in [-0.39, 0.29) is 10.7 Å². The lowest BCUT2D eigenvalue weighted by Gasteiger charge is -2.19. The van der Waals surface area contributed by atoms with Gasteiger partial charge in [-0.2, -0.15) is 0 Å². The minimum atomic E-state index is -1.22. The van der Waals surface area contributed by atoms with Crippen LogP contribution in [0.1, 0.15) is 31.3 Å². The molecular formula is C18H17N3O4S. The normalized spacial score (nSPS) is 11.3. The van der Waals surface area contributed by atoms with Gasteiger partial charge in [0.25, 0.3) is 0 Å². The molecule has 3 aromatic rings. The average Bonchev–Trinajstić information content (AvgIpc) is 2.96. The predicted molar refractivity (Wildman–Crippen MR) is 99.7 cm³/mol. The third-order valence-corrected chi connectivity index (χ3v) is 4.31. The Morgan fingerprint density at radius 2 is 2.00 bits per heavy atom. The number of fused-ring (bicyclic) bond motifs is 1. The fraction of sp³-hybridized carbons (Fsp3) is 0.222. The smallest absolute Gasteiger partial charge is 0.412 e. The van der Waals surface area contributed by atoms with Crippen LogP contribution < -0.4 is 5.32 Å². The molecule has 0 atom stereocenters. The fourth-order valence-electron chi connectivity index (χ4n) is 2.28. The van der Waals surface area contributed by atoms with Crippen LogP contribution in [0.3, 0.4) is 0 Å². The van der Waals surface area contributed by atoms with Gasteiger partial charge < -0.3 is 9.84 Å². The molecule has 2 N–H and O–H groups in total. The zero-order chi connectivity index (χ0) is 18.9. The van der Waals surface area contributed by atoms with E-state index in [0.717, 1.165) is 27.8 Å². The number of carboxylic acid groups (broad SMARTS) is 1. The third kappa shape index (κ3) is 3.97. The van der Waals surface area contributed by atoms with Crippen molar-refractivity contribution in [3.63, 3.8) is 0 Å². The Labute approximate surface area is 153 Å². The summed E-state index contributed by atoms with van der Waals surface area (Å²) < 4.78 is 5.18. The molecule has 0 bridgehead atoms. The van der Waals surface area contributed by atoms with Crippen LogP contribution in [-0.4, -0.2) is 32.7 Å². The number of anilines is 1. The predicted octanol–water partition coefficient (Wildman–Crippen LogP) is 4.40. The van der Waals surface area contributed by atoms with Gasteiger partial charge in [-0.3, -0.25) is 10.3 Å². The second-order valence-electron chi connectivity index (χ2n) is 6.54. The molecule has 1 aromatic carbocycles. The maximum Gasteiger partial charge on any atom is 0.412 e. The van der Waals surface area contributed by atoms with Gasteiger partial charge in [-0.25, -0.2) is 14.6 Å². The van der Waals surface area contributed by atoms with Gasteiger partial charge in [0.2, 0.25) is 0 Å². The lowest BCUT2D eigenvalue weighted by atomic mass is 10.1. The summed E-state index contributed by atoms with van der Waals surface area (Å²) in [7, 11) is 0. The number of benzene rings is 1. The van der Waals surface area contributed by atoms with E-state index in [0.29, 0.717) is 5.01 Å². The number of aromatic carboxylic acids is 1. The fourth-order valence-corrected chi connectivity index (χ4v) is 3.22. The number of hydrogen-bond acceptors (Lipinski definition) is 6. The van der Waals surface area contributed by atoms with Crippen LogP contribution in [0.2, 0.25) is 0 Å². The molecule has 7 nitrogen and oxygen atoms in total. The Morgan fingerprint density at radius 1 is 1.23 bits per heavy atom. The Morgan fingerprint density at radius 3 is 2.69 bits per heavy atom. The minimum Gasteiger partial charge on any atom is -0.476 e. The summed E-state index contributed by atoms with van der Waals surface area (Å²) in [6.45, 7) is 5.18. The first-order valence-corrected chi connectivity index (χ1v) is 8.64. The quantitative estimate of drug-likeness (QED) is 0.707. The number of carbonyl (C=O) groups excluding carboxylic acids is 1. The topological polar surface area (TPSA) is 101 Å². The van der Waals surface area contributed by atoms with Crippen molar-refractivity contribution in [1.82, 2.24) is 9.97 Å². The van der Waals surface area contributed by atoms with Gasteiger partial charge in [0, 0.05) is 17.1 Å². The van der Waals surface area contributed by atoms with Crippen molar-refractivity contribution in [1.29, 1.82) is 0 Å². The standard InChI is InChI=1S/C18H17N3O4S/c1-18(2,3)25-17(24)21-15-13(16(22)23)20-14(26-15)11-6-7-12-10(9-11)5-4-8-19-12/h4-9H,1-3H3,(H,21,24)(H,22,23). The number of ether oxygens (including phenoxy) is 1. The first-order chi connectivity index (χ1) is 12.2. The number of amides is 1. The molecule has 0 saturated carbocycles. The molecule has 8 heteroatoms. The first kappa shape index (κ1) is 17.8. The van der Waals surface area contributed by atoms with E-state index < -0.39 is 17.7 Å². The van der Waals surface area contributed by atoms with Gasteiger partial charge in [0.05, 0.1) is 5.52 Å². The highest BCUT2D eigenvalue weighted by Crippen LogP contribution is 2.33. The number of carbonyl (C=O) groups is 2. The molecule has 134 valence electrons. The zero-order valence-electron chi connectivity index (χ0n) is 14.4. The lowest BCUT2D eigenvalue weighted by Crippen LogP contribution is -2.27. The van der Waals surface area contributed by atoms with E-state index in [4.69, 9.17) is 4.74 Å². The van der Waals surface area contributed by atoms with Crippen LogP contribution in [-0.2, 0) is 4.74 Å². The molecule has 0 aliphatic heterocycles. The highest BCUT2D eigenvalue weighted by atomic mass is 32.1. The highest BCUT2D eigenvalue weighted by Gasteiger charge is 2.23. The first-order valence-electron chi connectivity index (χ1n) is 7.82. The third-order valence-electron chi connectivity index (χ3n) is 3.29. The zero-order valence-corrected chi connectivity index (χ0v) is 15.3. The molecule has 2 aromatic heterocycles. The van der Waals surface area contributed by atoms with Crippen LogP contribution in [0.15, 0.2) is 36.5 Å². The summed E-state index contributed by atoms with van der Waals surface area (Å²) >= 11 is 1.08. The number of hydrogen-bond donors (Lipinski definition) is 2. The van der Waals surface area contributed by atoms with Crippen molar-refractivity contribution >= 4 is 39.3 Å². The van der Waals surface area contributed by atoms with Gasteiger partial charge in [-0.05, 0) is 45.0 Å². The van der Waals surface area contributed by atoms with Gasteiger partial charge >= 0.3 is 12.1 Å². The monoisotopic (exact) mass is 371 g/mol. The second-order valence-corrected chi connectivity index (χ2v) is 7.54. The number of nitrogens with one attached hydrogen (secondary N) is 1. The molecule has 0 aliphatic rings. The molecule has 0 radical (unpaired) electrons. The maximum atomic E-state index is 12.0. The number of rotatable bonds is 3. The van der Waals surface area contributed by atoms with Crippen molar-refractivity contribution in [3.05, 3.63) is 42.2 Å². The summed E-state index contributed by atoms with van der Waals surface area (Å²) in [5.41, 5.74) is 0.669. The Hall–Kier alpha value is -3.00. The average molecular weight is 371 g/mol. The van der Waals surface area contributed by atoms with Crippen molar-refractivity contribution in [3.8, 4) is 10.6 Å². The van der Waals surface area contributed by atoms with Crippen molar-refractivity contribution < 1.29 is 19.4 Å². The number of thiazole rings is 1. The maximum absolute atomic E-state index is 12.0. The summed E-state index contributed by atoms with van der Waals surface area (Å²) in [4.78, 5) is 31.9. The number of pyridine rings is 1. The summed E-state index contributed by atoms with van der Waals surface area (Å²) in [5, 5.41) is 13.4. The van der Waals surface area contributed by atoms with Gasteiger partial charge in [-0.1, -0.05) is 17.4 Å². The Kier molecular flexibility index (Phi) is 4.60. The van der Waals surface area contributed by atoms with Gasteiger partial charge in [0.1, 0.15) is 15.6 Å². The van der Waals surface area contributed by atoms with Crippen LogP contribution in [0, 0.1) is 0 Å². The van der Waals surface area contributed by atoms with Gasteiger partial charge in [0.15, 0.2) is 5.69 Å². The molecular weight excluding hydrogens is 354 g/mol. The van der Waals surface area contributed by atoms with E-state index in [2.05, 4.69) is 15.3 Å². The number of nitrogens with zero attached hydrogens (tertiary/aromatic N) is 2. The van der Waals surface area contributed by atoms with Crippen LogP contribution in [0.4, 0.5) is 9.80 Å². The van der Waals surface area contributed by atoms with Crippen LogP contribution in [0.5, 0.6) is 0 Å². The van der Waals surface area contributed by atoms with E-state index >= 15 is 0 Å². The van der Waals surface area contributed by atoms with E-state index in [1.54, 1.807) is 27.0 Å². The minimum absolute atomic E-state index is 0.132. The molecule has 26 heavy (non-hydrogen) atoms. The molecule has 1 amide bonds. The highest BCUT2D eigenvalue weighted by molar-refractivity contribution is 7.19. The number of carboxylic acids is 1. The molecule has 3 rings (SSSR count).